The summed E-state index contributed by atoms with van der Waals surface area (Å²) in [7, 11) is 2.03. The molecule has 0 aliphatic carbocycles. The summed E-state index contributed by atoms with van der Waals surface area (Å²) in [6.45, 7) is 3.81. The molecule has 0 amide bonds. The van der Waals surface area contributed by atoms with Crippen molar-refractivity contribution >= 4 is 0 Å². The Morgan fingerprint density at radius 1 is 1.64 bits per heavy atom. The SMILES string of the molecule is C#CCN(C)CCCC(C)N. The summed E-state index contributed by atoms with van der Waals surface area (Å²) in [5.74, 6) is 2.60. The van der Waals surface area contributed by atoms with E-state index in [4.69, 9.17) is 12.2 Å². The zero-order valence-corrected chi connectivity index (χ0v) is 7.51. The van der Waals surface area contributed by atoms with Crippen LogP contribution >= 0.6 is 0 Å². The Morgan fingerprint density at radius 3 is 2.73 bits per heavy atom. The number of rotatable bonds is 5. The molecule has 0 fully saturated rings. The molecule has 0 aromatic rings. The van der Waals surface area contributed by atoms with E-state index in [1.165, 1.54) is 0 Å². The molecule has 0 radical (unpaired) electrons. The summed E-state index contributed by atoms with van der Waals surface area (Å²) in [5.41, 5.74) is 5.59. The van der Waals surface area contributed by atoms with Gasteiger partial charge in [0.1, 0.15) is 0 Å². The Hall–Kier alpha value is -0.520. The first-order valence-corrected chi connectivity index (χ1v) is 4.04. The molecular formula is C9H18N2. The zero-order valence-electron chi connectivity index (χ0n) is 7.51. The van der Waals surface area contributed by atoms with Crippen molar-refractivity contribution in [3.63, 3.8) is 0 Å². The summed E-state index contributed by atoms with van der Waals surface area (Å²) in [4.78, 5) is 2.13. The molecule has 0 saturated heterocycles. The third-order valence-corrected chi connectivity index (χ3v) is 1.56. The third-order valence-electron chi connectivity index (χ3n) is 1.56. The second kappa shape index (κ2) is 6.21. The minimum absolute atomic E-state index is 0.314. The normalized spacial score (nSPS) is 13.0. The molecule has 1 unspecified atom stereocenters. The van der Waals surface area contributed by atoms with Crippen LogP contribution in [0.2, 0.25) is 0 Å². The molecule has 64 valence electrons. The van der Waals surface area contributed by atoms with Gasteiger partial charge < -0.3 is 5.73 Å². The molecule has 11 heavy (non-hydrogen) atoms. The lowest BCUT2D eigenvalue weighted by molar-refractivity contribution is 0.359. The van der Waals surface area contributed by atoms with E-state index in [1.807, 2.05) is 14.0 Å². The average Bonchev–Trinajstić information content (AvgIpc) is 1.87. The standard InChI is InChI=1S/C9H18N2/c1-4-7-11(3)8-5-6-9(2)10/h1,9H,5-8,10H2,2-3H3. The van der Waals surface area contributed by atoms with Crippen molar-refractivity contribution in [1.82, 2.24) is 4.90 Å². The van der Waals surface area contributed by atoms with E-state index in [2.05, 4.69) is 10.8 Å². The molecule has 0 aromatic heterocycles. The fourth-order valence-corrected chi connectivity index (χ4v) is 0.918. The predicted octanol–water partition coefficient (Wildman–Crippen LogP) is 0.679. The first-order chi connectivity index (χ1) is 5.16. The molecule has 0 saturated carbocycles. The van der Waals surface area contributed by atoms with Crippen LogP contribution in [0.25, 0.3) is 0 Å². The monoisotopic (exact) mass is 154 g/mol. The number of nitrogens with zero attached hydrogens (tertiary/aromatic N) is 1. The lowest BCUT2D eigenvalue weighted by atomic mass is 10.2. The fraction of sp³-hybridized carbons (Fsp3) is 0.778. The van der Waals surface area contributed by atoms with E-state index in [0.29, 0.717) is 6.04 Å². The molecule has 0 aliphatic rings. The van der Waals surface area contributed by atoms with Gasteiger partial charge >= 0.3 is 0 Å². The largest absolute Gasteiger partial charge is 0.328 e. The number of hydrogen-bond acceptors (Lipinski definition) is 2. The molecule has 2 nitrogen and oxygen atoms in total. The maximum absolute atomic E-state index is 5.59. The quantitative estimate of drug-likeness (QED) is 0.590. The minimum Gasteiger partial charge on any atom is -0.328 e. The molecule has 0 aliphatic heterocycles. The molecule has 0 rings (SSSR count). The summed E-state index contributed by atoms with van der Waals surface area (Å²) in [6.07, 6.45) is 7.36. The van der Waals surface area contributed by atoms with E-state index >= 15 is 0 Å². The van der Waals surface area contributed by atoms with Crippen LogP contribution in [-0.4, -0.2) is 31.1 Å². The highest BCUT2D eigenvalue weighted by Gasteiger charge is 1.97. The van der Waals surface area contributed by atoms with E-state index in [1.54, 1.807) is 0 Å². The lowest BCUT2D eigenvalue weighted by Gasteiger charge is -2.13. The maximum Gasteiger partial charge on any atom is 0.0596 e. The van der Waals surface area contributed by atoms with E-state index in [0.717, 1.165) is 25.9 Å². The Balaban J connectivity index is 3.18. The molecule has 2 N–H and O–H groups in total. The van der Waals surface area contributed by atoms with Gasteiger partial charge in [0, 0.05) is 6.04 Å². The highest BCUT2D eigenvalue weighted by Crippen LogP contribution is 1.94. The van der Waals surface area contributed by atoms with Crippen molar-refractivity contribution in [3.8, 4) is 12.3 Å². The Labute approximate surface area is 69.8 Å². The van der Waals surface area contributed by atoms with Gasteiger partial charge in [-0.1, -0.05) is 5.92 Å². The molecule has 0 heterocycles. The second-order valence-electron chi connectivity index (χ2n) is 3.06. The van der Waals surface area contributed by atoms with Crippen LogP contribution in [-0.2, 0) is 0 Å². The number of nitrogens with two attached hydrogens (primary N) is 1. The van der Waals surface area contributed by atoms with Crippen LogP contribution in [0.3, 0.4) is 0 Å². The topological polar surface area (TPSA) is 29.3 Å². The summed E-state index contributed by atoms with van der Waals surface area (Å²) in [6, 6.07) is 0.314. The maximum atomic E-state index is 5.59. The Morgan fingerprint density at radius 2 is 2.27 bits per heavy atom. The van der Waals surface area contributed by atoms with Gasteiger partial charge in [0.05, 0.1) is 6.54 Å². The fourth-order valence-electron chi connectivity index (χ4n) is 0.918. The molecular weight excluding hydrogens is 136 g/mol. The van der Waals surface area contributed by atoms with Crippen molar-refractivity contribution in [2.75, 3.05) is 20.1 Å². The molecule has 1 atom stereocenters. The molecule has 0 spiro atoms. The summed E-state index contributed by atoms with van der Waals surface area (Å²) < 4.78 is 0. The summed E-state index contributed by atoms with van der Waals surface area (Å²) >= 11 is 0. The van der Waals surface area contributed by atoms with Gasteiger partial charge in [-0.05, 0) is 33.4 Å². The third kappa shape index (κ3) is 7.38. The lowest BCUT2D eigenvalue weighted by Crippen LogP contribution is -2.22. The van der Waals surface area contributed by atoms with E-state index in [9.17, 15) is 0 Å². The predicted molar refractivity (Wildman–Crippen MR) is 49.2 cm³/mol. The van der Waals surface area contributed by atoms with Gasteiger partial charge in [0.15, 0.2) is 0 Å². The van der Waals surface area contributed by atoms with Gasteiger partial charge in [-0.3, -0.25) is 4.90 Å². The van der Waals surface area contributed by atoms with Gasteiger partial charge in [0.2, 0.25) is 0 Å². The van der Waals surface area contributed by atoms with Crippen LogP contribution in [0.5, 0.6) is 0 Å². The van der Waals surface area contributed by atoms with E-state index < -0.39 is 0 Å². The van der Waals surface area contributed by atoms with Crippen LogP contribution in [0.1, 0.15) is 19.8 Å². The van der Waals surface area contributed by atoms with Gasteiger partial charge in [-0.15, -0.1) is 6.42 Å². The van der Waals surface area contributed by atoms with Crippen molar-refractivity contribution in [3.05, 3.63) is 0 Å². The summed E-state index contributed by atoms with van der Waals surface area (Å²) in [5, 5.41) is 0. The molecule has 0 aromatic carbocycles. The Bertz CT molecular complexity index is 124. The van der Waals surface area contributed by atoms with Crippen LogP contribution < -0.4 is 5.73 Å². The smallest absolute Gasteiger partial charge is 0.0596 e. The molecule has 2 heteroatoms. The van der Waals surface area contributed by atoms with Crippen molar-refractivity contribution < 1.29 is 0 Å². The average molecular weight is 154 g/mol. The minimum atomic E-state index is 0.314. The first kappa shape index (κ1) is 10.5. The number of hydrogen-bond donors (Lipinski definition) is 1. The number of terminal acetylenes is 1. The second-order valence-corrected chi connectivity index (χ2v) is 3.06. The van der Waals surface area contributed by atoms with Gasteiger partial charge in [0.25, 0.3) is 0 Å². The highest BCUT2D eigenvalue weighted by molar-refractivity contribution is 4.87. The van der Waals surface area contributed by atoms with Crippen molar-refractivity contribution in [1.29, 1.82) is 0 Å². The zero-order chi connectivity index (χ0) is 8.69. The van der Waals surface area contributed by atoms with Gasteiger partial charge in [-0.25, -0.2) is 0 Å². The van der Waals surface area contributed by atoms with E-state index in [-0.39, 0.29) is 0 Å². The van der Waals surface area contributed by atoms with Crippen LogP contribution in [0, 0.1) is 12.3 Å². The van der Waals surface area contributed by atoms with Crippen molar-refractivity contribution in [2.45, 2.75) is 25.8 Å². The van der Waals surface area contributed by atoms with Crippen LogP contribution in [0.4, 0.5) is 0 Å². The van der Waals surface area contributed by atoms with Crippen molar-refractivity contribution in [2.24, 2.45) is 5.73 Å². The van der Waals surface area contributed by atoms with Gasteiger partial charge in [-0.2, -0.15) is 0 Å². The molecule has 0 bridgehead atoms. The Kier molecular flexibility index (Phi) is 5.91. The van der Waals surface area contributed by atoms with Crippen LogP contribution in [0.15, 0.2) is 0 Å². The highest BCUT2D eigenvalue weighted by atomic mass is 15.1. The first-order valence-electron chi connectivity index (χ1n) is 4.04.